The molecule has 248 valence electrons. The molecule has 0 bridgehead atoms. The smallest absolute Gasteiger partial charge is 0.328 e. The molecule has 2 aromatic carbocycles. The number of aliphatic hydroxyl groups is 3. The number of carbonyl (C=O) groups excluding carboxylic acids is 2. The van der Waals surface area contributed by atoms with Crippen LogP contribution in [-0.4, -0.2) is 67.4 Å². The summed E-state index contributed by atoms with van der Waals surface area (Å²) in [5.41, 5.74) is 2.52. The number of amides is 1. The molecule has 0 radical (unpaired) electrons. The number of aryl methyl sites for hydroxylation is 1. The van der Waals surface area contributed by atoms with Gasteiger partial charge in [-0.15, -0.1) is 0 Å². The Kier molecular flexibility index (Phi) is 15.6. The van der Waals surface area contributed by atoms with E-state index >= 15 is 0 Å². The molecular formula is C34H48N2O9. The van der Waals surface area contributed by atoms with Crippen molar-refractivity contribution >= 4 is 11.9 Å². The van der Waals surface area contributed by atoms with Crippen LogP contribution in [0.15, 0.2) is 66.7 Å². The molecule has 1 aliphatic rings. The number of hydrogen-bond donors (Lipinski definition) is 6. The Labute approximate surface area is 265 Å². The molecule has 11 heteroatoms. The van der Waals surface area contributed by atoms with Crippen LogP contribution in [0.4, 0.5) is 0 Å². The largest absolute Gasteiger partial charge is 0.459 e. The molecule has 2 aromatic rings. The predicted octanol–water partition coefficient (Wildman–Crippen LogP) is 3.99. The Morgan fingerprint density at radius 3 is 2.38 bits per heavy atom. The molecule has 0 spiro atoms. The van der Waals surface area contributed by atoms with Gasteiger partial charge in [0.25, 0.3) is 0 Å². The monoisotopic (exact) mass is 628 g/mol. The Balaban J connectivity index is 1.31. The number of ether oxygens (including phenoxy) is 1. The summed E-state index contributed by atoms with van der Waals surface area (Å²) in [6.45, 7) is 1.47. The molecule has 0 saturated heterocycles. The SMILES string of the molecule is CC(NC(=O)CCC/C=C\C[C@@H]1[C@@H](CC[C@@H](O)CCc2ccccc2)[C@H](O)C[C@@H]1O)C(=O)OCc1cccc(CON(O)O)c1. The lowest BCUT2D eigenvalue weighted by Gasteiger charge is -2.23. The van der Waals surface area contributed by atoms with Crippen molar-refractivity contribution in [3.8, 4) is 0 Å². The number of allylic oxidation sites excluding steroid dienone is 2. The number of nitrogens with zero attached hydrogens (tertiary/aromatic N) is 1. The van der Waals surface area contributed by atoms with Gasteiger partial charge in [-0.2, -0.15) is 0 Å². The summed E-state index contributed by atoms with van der Waals surface area (Å²) in [5, 5.41) is 51.2. The van der Waals surface area contributed by atoms with E-state index < -0.39 is 30.3 Å². The van der Waals surface area contributed by atoms with Crippen molar-refractivity contribution in [2.45, 2.75) is 102 Å². The summed E-state index contributed by atoms with van der Waals surface area (Å²) in [4.78, 5) is 29.3. The number of carbonyl (C=O) groups is 2. The lowest BCUT2D eigenvalue weighted by atomic mass is 9.85. The quantitative estimate of drug-likeness (QED) is 0.0579. The number of aliphatic hydroxyl groups excluding tert-OH is 3. The molecule has 6 N–H and O–H groups in total. The Bertz CT molecular complexity index is 1190. The van der Waals surface area contributed by atoms with Crippen LogP contribution >= 0.6 is 0 Å². The van der Waals surface area contributed by atoms with Crippen LogP contribution in [0.1, 0.15) is 75.0 Å². The summed E-state index contributed by atoms with van der Waals surface area (Å²) in [6, 6.07) is 16.1. The van der Waals surface area contributed by atoms with Crippen molar-refractivity contribution in [1.82, 2.24) is 10.7 Å². The maximum Gasteiger partial charge on any atom is 0.328 e. The summed E-state index contributed by atoms with van der Waals surface area (Å²) in [7, 11) is 0. The fourth-order valence-electron chi connectivity index (χ4n) is 5.76. The summed E-state index contributed by atoms with van der Waals surface area (Å²) in [5.74, 6) is -0.975. The molecular weight excluding hydrogens is 580 g/mol. The van der Waals surface area contributed by atoms with E-state index in [2.05, 4.69) is 10.2 Å². The highest BCUT2D eigenvalue weighted by Gasteiger charge is 2.40. The lowest BCUT2D eigenvalue weighted by Crippen LogP contribution is -2.39. The summed E-state index contributed by atoms with van der Waals surface area (Å²) >= 11 is 0. The van der Waals surface area contributed by atoms with Crippen molar-refractivity contribution in [2.75, 3.05) is 0 Å². The second kappa shape index (κ2) is 19.4. The molecule has 1 unspecified atom stereocenters. The minimum atomic E-state index is -0.819. The van der Waals surface area contributed by atoms with Crippen molar-refractivity contribution in [2.24, 2.45) is 11.8 Å². The van der Waals surface area contributed by atoms with E-state index in [4.69, 9.17) is 15.2 Å². The maximum absolute atomic E-state index is 12.3. The van der Waals surface area contributed by atoms with Crippen molar-refractivity contribution in [3.05, 3.63) is 83.4 Å². The first-order valence-electron chi connectivity index (χ1n) is 15.7. The number of unbranched alkanes of at least 4 members (excludes halogenated alkanes) is 1. The van der Waals surface area contributed by atoms with Crippen LogP contribution < -0.4 is 5.32 Å². The van der Waals surface area contributed by atoms with E-state index in [1.54, 1.807) is 31.2 Å². The predicted molar refractivity (Wildman–Crippen MR) is 165 cm³/mol. The van der Waals surface area contributed by atoms with Crippen LogP contribution in [-0.2, 0) is 38.8 Å². The molecule has 0 aromatic heterocycles. The van der Waals surface area contributed by atoms with Gasteiger partial charge in [0.15, 0.2) is 0 Å². The van der Waals surface area contributed by atoms with Crippen LogP contribution in [0.5, 0.6) is 0 Å². The van der Waals surface area contributed by atoms with E-state index in [1.807, 2.05) is 42.5 Å². The third kappa shape index (κ3) is 13.4. The van der Waals surface area contributed by atoms with E-state index in [0.717, 1.165) is 6.42 Å². The van der Waals surface area contributed by atoms with Gasteiger partial charge in [-0.25, -0.2) is 9.63 Å². The van der Waals surface area contributed by atoms with Gasteiger partial charge in [-0.1, -0.05) is 66.7 Å². The molecule has 45 heavy (non-hydrogen) atoms. The van der Waals surface area contributed by atoms with E-state index in [-0.39, 0.29) is 42.8 Å². The average Bonchev–Trinajstić information content (AvgIpc) is 3.30. The average molecular weight is 629 g/mol. The fraction of sp³-hybridized carbons (Fsp3) is 0.529. The van der Waals surface area contributed by atoms with Gasteiger partial charge in [-0.3, -0.25) is 15.2 Å². The molecule has 3 rings (SSSR count). The number of nitrogens with one attached hydrogen (secondary N) is 1. The second-order valence-electron chi connectivity index (χ2n) is 11.8. The summed E-state index contributed by atoms with van der Waals surface area (Å²) in [6.07, 6.45) is 7.51. The highest BCUT2D eigenvalue weighted by atomic mass is 17.1. The first kappa shape index (κ1) is 36.3. The van der Waals surface area contributed by atoms with Gasteiger partial charge in [0.05, 0.1) is 30.3 Å². The number of esters is 1. The molecule has 0 heterocycles. The van der Waals surface area contributed by atoms with Crippen molar-refractivity contribution in [1.29, 1.82) is 0 Å². The maximum atomic E-state index is 12.3. The standard InChI is InChI=1S/C34H48N2O9/c1-24(34(41)44-22-26-12-9-13-27(20-26)23-45-36(42)43)35-33(40)15-8-3-2-7-14-29-30(32(39)21-31(29)38)19-18-28(37)17-16-25-10-5-4-6-11-25/h2,4-7,9-13,20,24,28-32,37-39,42-43H,3,8,14-19,21-23H2,1H3,(H,35,40)/b7-2-/t24?,28-,29+,30+,31-,32+/m0/s1. The first-order valence-corrected chi connectivity index (χ1v) is 15.7. The molecule has 0 aliphatic heterocycles. The third-order valence-electron chi connectivity index (χ3n) is 8.26. The van der Waals surface area contributed by atoms with Crippen LogP contribution in [0, 0.1) is 11.8 Å². The molecule has 11 nitrogen and oxygen atoms in total. The fourth-order valence-corrected chi connectivity index (χ4v) is 5.76. The highest BCUT2D eigenvalue weighted by Crippen LogP contribution is 2.38. The molecule has 1 saturated carbocycles. The van der Waals surface area contributed by atoms with Gasteiger partial charge in [-0.05, 0) is 86.8 Å². The molecule has 1 aliphatic carbocycles. The highest BCUT2D eigenvalue weighted by molar-refractivity contribution is 5.84. The zero-order chi connectivity index (χ0) is 32.6. The number of hydrogen-bond acceptors (Lipinski definition) is 10. The molecule has 6 atom stereocenters. The molecule has 1 amide bonds. The number of benzene rings is 2. The Hall–Kier alpha value is -3.16. The third-order valence-corrected chi connectivity index (χ3v) is 8.26. The topological polar surface area (TPSA) is 169 Å². The first-order chi connectivity index (χ1) is 21.6. The second-order valence-corrected chi connectivity index (χ2v) is 11.8. The van der Waals surface area contributed by atoms with Gasteiger partial charge >= 0.3 is 5.97 Å². The zero-order valence-electron chi connectivity index (χ0n) is 25.9. The van der Waals surface area contributed by atoms with Gasteiger partial charge < -0.3 is 25.4 Å². The Morgan fingerprint density at radius 2 is 1.64 bits per heavy atom. The van der Waals surface area contributed by atoms with E-state index in [1.165, 1.54) is 5.56 Å². The van der Waals surface area contributed by atoms with Gasteiger partial charge in [0, 0.05) is 6.42 Å². The lowest BCUT2D eigenvalue weighted by molar-refractivity contribution is -0.497. The van der Waals surface area contributed by atoms with Crippen LogP contribution in [0.2, 0.25) is 0 Å². The minimum Gasteiger partial charge on any atom is -0.459 e. The van der Waals surface area contributed by atoms with Crippen LogP contribution in [0.3, 0.4) is 0 Å². The van der Waals surface area contributed by atoms with Gasteiger partial charge in [0.2, 0.25) is 5.91 Å². The van der Waals surface area contributed by atoms with Gasteiger partial charge in [0.1, 0.15) is 12.6 Å². The normalized spacial score (nSPS) is 21.2. The van der Waals surface area contributed by atoms with Crippen molar-refractivity contribution < 1.29 is 44.9 Å². The summed E-state index contributed by atoms with van der Waals surface area (Å²) < 4.78 is 5.30. The van der Waals surface area contributed by atoms with E-state index in [0.29, 0.717) is 56.1 Å². The number of rotatable bonds is 19. The zero-order valence-corrected chi connectivity index (χ0v) is 25.9. The Morgan fingerprint density at radius 1 is 0.956 bits per heavy atom. The van der Waals surface area contributed by atoms with Crippen molar-refractivity contribution in [3.63, 3.8) is 0 Å². The van der Waals surface area contributed by atoms with E-state index in [9.17, 15) is 24.9 Å². The van der Waals surface area contributed by atoms with Crippen LogP contribution in [0.25, 0.3) is 0 Å². The molecule has 1 fully saturated rings. The minimum absolute atomic E-state index is 0.0118.